The van der Waals surface area contributed by atoms with Crippen molar-refractivity contribution in [1.82, 2.24) is 0 Å². The van der Waals surface area contributed by atoms with Gasteiger partial charge in [-0.2, -0.15) is 0 Å². The smallest absolute Gasteiger partial charge is 0.493 e. The molecule has 0 aliphatic carbocycles. The molecule has 0 saturated carbocycles. The van der Waals surface area contributed by atoms with E-state index in [0.29, 0.717) is 17.1 Å². The second kappa shape index (κ2) is 6.46. The van der Waals surface area contributed by atoms with E-state index >= 15 is 0 Å². The predicted octanol–water partition coefficient (Wildman–Crippen LogP) is -0.576. The molecule has 0 N–H and O–H groups in total. The first-order valence-corrected chi connectivity index (χ1v) is 4.44. The first-order chi connectivity index (χ1) is 6.67. The van der Waals surface area contributed by atoms with Crippen molar-refractivity contribution in [3.05, 3.63) is 30.2 Å². The van der Waals surface area contributed by atoms with E-state index in [9.17, 15) is 0 Å². The maximum absolute atomic E-state index is 7.00. The van der Waals surface area contributed by atoms with Crippen LogP contribution < -0.4 is 28.3 Å². The van der Waals surface area contributed by atoms with E-state index in [0.717, 1.165) is 0 Å². The summed E-state index contributed by atoms with van der Waals surface area (Å²) in [4.78, 5) is 0. The zero-order valence-corrected chi connectivity index (χ0v) is 9.63. The molecule has 0 aromatic heterocycles. The Balaban J connectivity index is 0.00000196. The fourth-order valence-corrected chi connectivity index (χ4v) is 1.10. The van der Waals surface area contributed by atoms with E-state index in [1.807, 2.05) is 13.8 Å². The van der Waals surface area contributed by atoms with Gasteiger partial charge in [-0.3, -0.25) is 5.92 Å². The van der Waals surface area contributed by atoms with Crippen molar-refractivity contribution in [2.24, 2.45) is 0 Å². The van der Waals surface area contributed by atoms with E-state index in [1.165, 1.54) is 0 Å². The van der Waals surface area contributed by atoms with Crippen LogP contribution in [-0.4, -0.2) is 13.2 Å². The molecule has 0 radical (unpaired) electrons. The van der Waals surface area contributed by atoms with Crippen LogP contribution in [0.5, 0.6) is 11.5 Å². The predicted molar refractivity (Wildman–Crippen MR) is 55.0 cm³/mol. The molecular formula is C12H13LiO2. The first-order valence-electron chi connectivity index (χ1n) is 4.44. The Labute approximate surface area is 103 Å². The Bertz CT molecular complexity index is 353. The van der Waals surface area contributed by atoms with E-state index in [4.69, 9.17) is 15.9 Å². The third-order valence-corrected chi connectivity index (χ3v) is 1.67. The third-order valence-electron chi connectivity index (χ3n) is 1.67. The van der Waals surface area contributed by atoms with E-state index in [2.05, 4.69) is 5.92 Å². The standard InChI is InChI=1S/C12H13O2.Li/c1-5-10-6-7-11(13-4)12(8-10)14-9(2)3;/h6-9H,2-4H3;/q-1;+1. The summed E-state index contributed by atoms with van der Waals surface area (Å²) in [5.41, 5.74) is 0.682. The van der Waals surface area contributed by atoms with Gasteiger partial charge in [-0.15, -0.1) is 11.6 Å². The van der Waals surface area contributed by atoms with Crippen molar-refractivity contribution in [3.8, 4) is 17.4 Å². The number of rotatable bonds is 3. The van der Waals surface area contributed by atoms with Crippen LogP contribution in [-0.2, 0) is 0 Å². The first kappa shape index (κ1) is 14.0. The summed E-state index contributed by atoms with van der Waals surface area (Å²) < 4.78 is 10.7. The molecule has 0 amide bonds. The van der Waals surface area contributed by atoms with Crippen molar-refractivity contribution >= 4 is 0 Å². The topological polar surface area (TPSA) is 18.5 Å². The SMILES string of the molecule is [C-]#Cc1ccc(OC)c(OC(C)C)c1.[Li+]. The van der Waals surface area contributed by atoms with Gasteiger partial charge < -0.3 is 15.9 Å². The van der Waals surface area contributed by atoms with Gasteiger partial charge in [0.1, 0.15) is 5.75 Å². The zero-order chi connectivity index (χ0) is 10.6. The molecule has 0 heterocycles. The second-order valence-corrected chi connectivity index (χ2v) is 3.16. The summed E-state index contributed by atoms with van der Waals surface area (Å²) in [6, 6.07) is 5.28. The van der Waals surface area contributed by atoms with Crippen molar-refractivity contribution in [2.45, 2.75) is 20.0 Å². The molecule has 0 aliphatic rings. The van der Waals surface area contributed by atoms with Gasteiger partial charge in [-0.25, -0.2) is 0 Å². The molecule has 1 rings (SSSR count). The Hall–Kier alpha value is -1.02. The van der Waals surface area contributed by atoms with Crippen molar-refractivity contribution in [1.29, 1.82) is 0 Å². The van der Waals surface area contributed by atoms with Crippen LogP contribution in [0.2, 0.25) is 0 Å². The van der Waals surface area contributed by atoms with Crippen LogP contribution >= 0.6 is 0 Å². The maximum Gasteiger partial charge on any atom is 1.00 e. The van der Waals surface area contributed by atoms with E-state index < -0.39 is 0 Å². The van der Waals surface area contributed by atoms with Crippen LogP contribution in [0.25, 0.3) is 0 Å². The van der Waals surface area contributed by atoms with Crippen molar-refractivity contribution in [2.75, 3.05) is 7.11 Å². The summed E-state index contributed by atoms with van der Waals surface area (Å²) in [5.74, 6) is 3.64. The molecule has 1 aromatic rings. The molecule has 15 heavy (non-hydrogen) atoms. The molecule has 0 aliphatic heterocycles. The molecule has 0 bridgehead atoms. The number of hydrogen-bond donors (Lipinski definition) is 0. The van der Waals surface area contributed by atoms with E-state index in [-0.39, 0.29) is 25.0 Å². The van der Waals surface area contributed by atoms with Crippen LogP contribution in [0.15, 0.2) is 18.2 Å². The maximum atomic E-state index is 7.00. The molecular weight excluding hydrogens is 183 g/mol. The average molecular weight is 196 g/mol. The van der Waals surface area contributed by atoms with Crippen LogP contribution in [0.1, 0.15) is 19.4 Å². The minimum Gasteiger partial charge on any atom is -0.493 e. The molecule has 2 nitrogen and oxygen atoms in total. The largest absolute Gasteiger partial charge is 1.00 e. The Morgan fingerprint density at radius 2 is 1.93 bits per heavy atom. The van der Waals surface area contributed by atoms with Gasteiger partial charge in [0.15, 0.2) is 5.75 Å². The van der Waals surface area contributed by atoms with Crippen molar-refractivity contribution in [3.63, 3.8) is 0 Å². The molecule has 3 heteroatoms. The zero-order valence-electron chi connectivity index (χ0n) is 9.63. The van der Waals surface area contributed by atoms with Gasteiger partial charge in [0.25, 0.3) is 0 Å². The molecule has 0 unspecified atom stereocenters. The number of benzene rings is 1. The third kappa shape index (κ3) is 3.92. The molecule has 0 atom stereocenters. The molecule has 0 fully saturated rings. The minimum atomic E-state index is 0. The molecule has 74 valence electrons. The molecule has 0 saturated heterocycles. The summed E-state index contributed by atoms with van der Waals surface area (Å²) >= 11 is 0. The summed E-state index contributed by atoms with van der Waals surface area (Å²) in [5, 5.41) is 0. The fraction of sp³-hybridized carbons (Fsp3) is 0.333. The quantitative estimate of drug-likeness (QED) is 0.366. The average Bonchev–Trinajstić information content (AvgIpc) is 2.16. The summed E-state index contributed by atoms with van der Waals surface area (Å²) in [6.45, 7) is 3.89. The van der Waals surface area contributed by atoms with Gasteiger partial charge in [-0.05, 0) is 19.9 Å². The Morgan fingerprint density at radius 3 is 2.40 bits per heavy atom. The van der Waals surface area contributed by atoms with Gasteiger partial charge in [0, 0.05) is 0 Å². The van der Waals surface area contributed by atoms with Crippen LogP contribution in [0, 0.1) is 12.3 Å². The van der Waals surface area contributed by atoms with E-state index in [1.54, 1.807) is 25.3 Å². The Morgan fingerprint density at radius 1 is 1.27 bits per heavy atom. The summed E-state index contributed by atoms with van der Waals surface area (Å²) in [7, 11) is 1.59. The number of methoxy groups -OCH3 is 1. The normalized spacial score (nSPS) is 9.00. The van der Waals surface area contributed by atoms with Crippen LogP contribution in [0.4, 0.5) is 0 Å². The summed E-state index contributed by atoms with van der Waals surface area (Å²) in [6.07, 6.45) is 7.09. The van der Waals surface area contributed by atoms with Gasteiger partial charge in [-0.1, -0.05) is 6.07 Å². The molecule has 1 aromatic carbocycles. The second-order valence-electron chi connectivity index (χ2n) is 3.16. The van der Waals surface area contributed by atoms with Crippen molar-refractivity contribution < 1.29 is 28.3 Å². The van der Waals surface area contributed by atoms with Gasteiger partial charge >= 0.3 is 18.9 Å². The monoisotopic (exact) mass is 196 g/mol. The minimum absolute atomic E-state index is 0. The number of hydrogen-bond acceptors (Lipinski definition) is 2. The van der Waals surface area contributed by atoms with Crippen LogP contribution in [0.3, 0.4) is 0 Å². The Kier molecular flexibility index (Phi) is 6.02. The number of ether oxygens (including phenoxy) is 2. The fourth-order valence-electron chi connectivity index (χ4n) is 1.10. The van der Waals surface area contributed by atoms with Gasteiger partial charge in [0.2, 0.25) is 0 Å². The van der Waals surface area contributed by atoms with Gasteiger partial charge in [0.05, 0.1) is 13.2 Å². The molecule has 0 spiro atoms.